The van der Waals surface area contributed by atoms with Crippen molar-refractivity contribution in [3.8, 4) is 5.75 Å². The van der Waals surface area contributed by atoms with Crippen molar-refractivity contribution in [2.75, 3.05) is 19.8 Å². The Morgan fingerprint density at radius 3 is 2.62 bits per heavy atom. The molecule has 1 aliphatic rings. The van der Waals surface area contributed by atoms with E-state index >= 15 is 0 Å². The van der Waals surface area contributed by atoms with Crippen molar-refractivity contribution in [3.05, 3.63) is 34.7 Å². The highest BCUT2D eigenvalue weighted by Gasteiger charge is 2.33. The summed E-state index contributed by atoms with van der Waals surface area (Å²) in [6.45, 7) is 4.56. The van der Waals surface area contributed by atoms with E-state index in [1.54, 1.807) is 13.0 Å². The van der Waals surface area contributed by atoms with Crippen LogP contribution in [0.15, 0.2) is 29.2 Å². The molecule has 0 aromatic heterocycles. The van der Waals surface area contributed by atoms with E-state index in [4.69, 9.17) is 21.7 Å². The van der Waals surface area contributed by atoms with Crippen LogP contribution in [0.2, 0.25) is 0 Å². The normalized spacial score (nSPS) is 15.9. The Labute approximate surface area is 151 Å². The van der Waals surface area contributed by atoms with Crippen LogP contribution in [0.25, 0.3) is 6.08 Å². The van der Waals surface area contributed by atoms with E-state index in [2.05, 4.69) is 0 Å². The maximum atomic E-state index is 12.4. The molecular formula is C17H19NO4S2. The third kappa shape index (κ3) is 4.82. The summed E-state index contributed by atoms with van der Waals surface area (Å²) in [5.41, 5.74) is 0.871. The van der Waals surface area contributed by atoms with Gasteiger partial charge in [-0.15, -0.1) is 0 Å². The summed E-state index contributed by atoms with van der Waals surface area (Å²) in [7, 11) is 0. The molecule has 0 radical (unpaired) electrons. The van der Waals surface area contributed by atoms with Gasteiger partial charge in [0.15, 0.2) is 0 Å². The Balaban J connectivity index is 2.06. The first-order chi connectivity index (χ1) is 11.5. The van der Waals surface area contributed by atoms with Gasteiger partial charge in [0.25, 0.3) is 5.91 Å². The third-order valence-corrected chi connectivity index (χ3v) is 4.49. The summed E-state index contributed by atoms with van der Waals surface area (Å²) in [4.78, 5) is 25.7. The van der Waals surface area contributed by atoms with Crippen LogP contribution in [-0.2, 0) is 14.3 Å². The Kier molecular flexibility index (Phi) is 6.81. The van der Waals surface area contributed by atoms with E-state index in [0.29, 0.717) is 15.8 Å². The monoisotopic (exact) mass is 365 g/mol. The largest absolute Gasteiger partial charge is 0.494 e. The predicted molar refractivity (Wildman–Crippen MR) is 98.7 cm³/mol. The van der Waals surface area contributed by atoms with Gasteiger partial charge in [-0.2, -0.15) is 0 Å². The predicted octanol–water partition coefficient (Wildman–Crippen LogP) is 3.24. The summed E-state index contributed by atoms with van der Waals surface area (Å²) < 4.78 is 10.8. The number of carbonyl (C=O) groups is 2. The minimum absolute atomic E-state index is 0.153. The fraction of sp³-hybridized carbons (Fsp3) is 0.353. The molecule has 0 N–H and O–H groups in total. The van der Waals surface area contributed by atoms with Crippen LogP contribution in [0.3, 0.4) is 0 Å². The van der Waals surface area contributed by atoms with Gasteiger partial charge in [0.05, 0.1) is 18.1 Å². The Morgan fingerprint density at radius 2 is 2.00 bits per heavy atom. The number of thioether (sulfide) groups is 1. The number of thiocarbonyl (C=S) groups is 1. The maximum Gasteiger partial charge on any atom is 0.326 e. The van der Waals surface area contributed by atoms with Crippen molar-refractivity contribution in [3.63, 3.8) is 0 Å². The molecule has 1 fully saturated rings. The van der Waals surface area contributed by atoms with Crippen LogP contribution in [-0.4, -0.2) is 40.9 Å². The quantitative estimate of drug-likeness (QED) is 0.420. The molecule has 1 amide bonds. The SMILES string of the molecule is CCCOc1ccc(/C=C2\SC(=S)N(CC(=O)OCC)C2=O)cc1. The van der Waals surface area contributed by atoms with Crippen LogP contribution in [0.5, 0.6) is 5.75 Å². The summed E-state index contributed by atoms with van der Waals surface area (Å²) in [5, 5.41) is 0. The lowest BCUT2D eigenvalue weighted by Gasteiger charge is -2.12. The first-order valence-corrected chi connectivity index (χ1v) is 8.91. The van der Waals surface area contributed by atoms with Crippen molar-refractivity contribution in [2.24, 2.45) is 0 Å². The lowest BCUT2D eigenvalue weighted by Crippen LogP contribution is -2.34. The van der Waals surface area contributed by atoms with Crippen LogP contribution >= 0.6 is 24.0 Å². The molecule has 1 aromatic carbocycles. The Hall–Kier alpha value is -1.86. The van der Waals surface area contributed by atoms with E-state index in [0.717, 1.165) is 17.7 Å². The highest BCUT2D eigenvalue weighted by Crippen LogP contribution is 2.32. The summed E-state index contributed by atoms with van der Waals surface area (Å²) in [6, 6.07) is 7.48. The number of esters is 1. The maximum absolute atomic E-state index is 12.4. The van der Waals surface area contributed by atoms with Gasteiger partial charge in [-0.3, -0.25) is 14.5 Å². The number of hydrogen-bond acceptors (Lipinski definition) is 6. The highest BCUT2D eigenvalue weighted by molar-refractivity contribution is 8.26. The molecule has 0 unspecified atom stereocenters. The van der Waals surface area contributed by atoms with Gasteiger partial charge < -0.3 is 9.47 Å². The minimum Gasteiger partial charge on any atom is -0.494 e. The molecule has 0 saturated carbocycles. The van der Waals surface area contributed by atoms with Crippen LogP contribution in [0.1, 0.15) is 25.8 Å². The van der Waals surface area contributed by atoms with Crippen LogP contribution < -0.4 is 4.74 Å². The second kappa shape index (κ2) is 8.84. The fourth-order valence-electron chi connectivity index (χ4n) is 2.00. The zero-order chi connectivity index (χ0) is 17.5. The second-order valence-electron chi connectivity index (χ2n) is 4.99. The average molecular weight is 365 g/mol. The van der Waals surface area contributed by atoms with Gasteiger partial charge in [0, 0.05) is 0 Å². The Bertz CT molecular complexity index is 655. The molecule has 24 heavy (non-hydrogen) atoms. The van der Waals surface area contributed by atoms with Crippen LogP contribution in [0, 0.1) is 0 Å². The standard InChI is InChI=1S/C17H19NO4S2/c1-3-9-22-13-7-5-12(6-8-13)10-14-16(20)18(17(23)24-14)11-15(19)21-4-2/h5-8,10H,3-4,9,11H2,1-2H3/b14-10-. The van der Waals surface area contributed by atoms with Gasteiger partial charge in [-0.05, 0) is 37.1 Å². The molecule has 0 atom stereocenters. The molecule has 5 nitrogen and oxygen atoms in total. The molecule has 1 aliphatic heterocycles. The lowest BCUT2D eigenvalue weighted by molar-refractivity contribution is -0.145. The summed E-state index contributed by atoms with van der Waals surface area (Å²) >= 11 is 6.37. The number of ether oxygens (including phenoxy) is 2. The number of benzene rings is 1. The van der Waals surface area contributed by atoms with E-state index in [1.807, 2.05) is 31.2 Å². The van der Waals surface area contributed by atoms with Crippen molar-refractivity contribution >= 4 is 46.3 Å². The fourth-order valence-corrected chi connectivity index (χ4v) is 3.26. The number of rotatable bonds is 7. The minimum atomic E-state index is -0.465. The smallest absolute Gasteiger partial charge is 0.326 e. The van der Waals surface area contributed by atoms with Gasteiger partial charge in [-0.1, -0.05) is 43.0 Å². The topological polar surface area (TPSA) is 55.8 Å². The molecule has 7 heteroatoms. The molecule has 0 bridgehead atoms. The van der Waals surface area contributed by atoms with Crippen molar-refractivity contribution in [1.82, 2.24) is 4.90 Å². The first-order valence-electron chi connectivity index (χ1n) is 7.69. The van der Waals surface area contributed by atoms with E-state index < -0.39 is 5.97 Å². The molecule has 1 aromatic rings. The van der Waals surface area contributed by atoms with Gasteiger partial charge in [0.1, 0.15) is 16.6 Å². The molecule has 128 valence electrons. The molecule has 1 saturated heterocycles. The van der Waals surface area contributed by atoms with E-state index in [-0.39, 0.29) is 19.1 Å². The Morgan fingerprint density at radius 1 is 1.29 bits per heavy atom. The van der Waals surface area contributed by atoms with E-state index in [9.17, 15) is 9.59 Å². The van der Waals surface area contributed by atoms with Crippen LogP contribution in [0.4, 0.5) is 0 Å². The molecule has 0 aliphatic carbocycles. The average Bonchev–Trinajstić information content (AvgIpc) is 2.82. The summed E-state index contributed by atoms with van der Waals surface area (Å²) in [5.74, 6) is 0.0562. The van der Waals surface area contributed by atoms with Gasteiger partial charge >= 0.3 is 5.97 Å². The lowest BCUT2D eigenvalue weighted by atomic mass is 10.2. The second-order valence-corrected chi connectivity index (χ2v) is 6.67. The van der Waals surface area contributed by atoms with Gasteiger partial charge in [0.2, 0.25) is 0 Å². The zero-order valence-electron chi connectivity index (χ0n) is 13.6. The molecule has 1 heterocycles. The number of nitrogens with zero attached hydrogens (tertiary/aromatic N) is 1. The highest BCUT2D eigenvalue weighted by atomic mass is 32.2. The number of amides is 1. The summed E-state index contributed by atoms with van der Waals surface area (Å²) in [6.07, 6.45) is 2.71. The van der Waals surface area contributed by atoms with Crippen molar-refractivity contribution in [2.45, 2.75) is 20.3 Å². The van der Waals surface area contributed by atoms with Crippen molar-refractivity contribution in [1.29, 1.82) is 0 Å². The molecular weight excluding hydrogens is 346 g/mol. The third-order valence-electron chi connectivity index (χ3n) is 3.12. The number of carbonyl (C=O) groups excluding carboxylic acids is 2. The zero-order valence-corrected chi connectivity index (χ0v) is 15.2. The molecule has 2 rings (SSSR count). The number of hydrogen-bond donors (Lipinski definition) is 0. The van der Waals surface area contributed by atoms with E-state index in [1.165, 1.54) is 16.7 Å². The first kappa shape index (κ1) is 18.5. The van der Waals surface area contributed by atoms with Gasteiger partial charge in [-0.25, -0.2) is 0 Å². The van der Waals surface area contributed by atoms with Crippen molar-refractivity contribution < 1.29 is 19.1 Å². The molecule has 0 spiro atoms.